The van der Waals surface area contributed by atoms with Crippen LogP contribution in [0, 0.1) is 10.1 Å². The Bertz CT molecular complexity index is 2560. The van der Waals surface area contributed by atoms with Gasteiger partial charge in [-0.3, -0.25) is 24.6 Å². The number of ether oxygens (including phenoxy) is 1. The van der Waals surface area contributed by atoms with Crippen molar-refractivity contribution in [2.75, 3.05) is 79.7 Å². The van der Waals surface area contributed by atoms with Gasteiger partial charge < -0.3 is 15.0 Å². The number of sulfonamides is 1. The van der Waals surface area contributed by atoms with Crippen LogP contribution in [-0.4, -0.2) is 109 Å². The van der Waals surface area contributed by atoms with Crippen molar-refractivity contribution < 1.29 is 18.1 Å². The molecular formula is C44H46ClN9O5S2. The van der Waals surface area contributed by atoms with Crippen LogP contribution in [0.5, 0.6) is 0 Å². The molecule has 4 aromatic carbocycles. The zero-order chi connectivity index (χ0) is 42.2. The van der Waals surface area contributed by atoms with Crippen LogP contribution < -0.4 is 14.9 Å². The van der Waals surface area contributed by atoms with Gasteiger partial charge in [-0.2, -0.15) is 0 Å². The number of benzene rings is 4. The van der Waals surface area contributed by atoms with Gasteiger partial charge in [-0.05, 0) is 65.6 Å². The van der Waals surface area contributed by atoms with E-state index in [9.17, 15) is 18.5 Å². The quantitative estimate of drug-likeness (QED) is 0.0555. The number of fused-ring (bicyclic) bond motifs is 1. The number of hydrogen-bond acceptors (Lipinski definition) is 13. The predicted octanol–water partition coefficient (Wildman–Crippen LogP) is 7.67. The first-order valence-corrected chi connectivity index (χ1v) is 23.0. The van der Waals surface area contributed by atoms with Crippen molar-refractivity contribution in [1.29, 1.82) is 0 Å². The largest absolute Gasteiger partial charge is 0.379 e. The van der Waals surface area contributed by atoms with Crippen LogP contribution in [0.15, 0.2) is 125 Å². The summed E-state index contributed by atoms with van der Waals surface area (Å²) in [7, 11) is -4.32. The van der Waals surface area contributed by atoms with E-state index in [0.717, 1.165) is 81.0 Å². The summed E-state index contributed by atoms with van der Waals surface area (Å²) in [5.74, 6) is 0.631. The molecule has 2 saturated heterocycles. The fourth-order valence-electron chi connectivity index (χ4n) is 7.59. The number of pyridine rings is 1. The zero-order valence-electron chi connectivity index (χ0n) is 33.4. The smallest absolute Gasteiger partial charge is 0.293 e. The molecule has 0 radical (unpaired) electrons. The Morgan fingerprint density at radius 3 is 2.38 bits per heavy atom. The zero-order valence-corrected chi connectivity index (χ0v) is 35.8. The van der Waals surface area contributed by atoms with Crippen LogP contribution in [0.2, 0.25) is 5.02 Å². The highest BCUT2D eigenvalue weighted by molar-refractivity contribution is 7.99. The third-order valence-electron chi connectivity index (χ3n) is 10.9. The van der Waals surface area contributed by atoms with E-state index in [0.29, 0.717) is 29.5 Å². The summed E-state index contributed by atoms with van der Waals surface area (Å²) in [6.45, 7) is 7.83. The van der Waals surface area contributed by atoms with E-state index in [1.54, 1.807) is 18.0 Å². The number of morpholine rings is 1. The highest BCUT2D eigenvalue weighted by atomic mass is 35.5. The number of anilines is 3. The molecule has 0 spiro atoms. The Labute approximate surface area is 364 Å². The van der Waals surface area contributed by atoms with Crippen LogP contribution in [0.1, 0.15) is 12.0 Å². The Morgan fingerprint density at radius 1 is 0.852 bits per heavy atom. The molecule has 8 rings (SSSR count). The molecule has 2 aromatic heterocycles. The summed E-state index contributed by atoms with van der Waals surface area (Å²) in [5, 5.41) is 16.5. The maximum Gasteiger partial charge on any atom is 0.293 e. The molecule has 0 amide bonds. The summed E-state index contributed by atoms with van der Waals surface area (Å²) in [6.07, 6.45) is 3.71. The molecule has 1 atom stereocenters. The Morgan fingerprint density at radius 2 is 1.61 bits per heavy atom. The minimum Gasteiger partial charge on any atom is -0.379 e. The number of halogens is 1. The molecule has 2 N–H and O–H groups in total. The second-order valence-corrected chi connectivity index (χ2v) is 18.2. The average Bonchev–Trinajstić information content (AvgIpc) is 3.28. The molecule has 0 aliphatic carbocycles. The highest BCUT2D eigenvalue weighted by Crippen LogP contribution is 2.32. The van der Waals surface area contributed by atoms with Crippen molar-refractivity contribution in [2.24, 2.45) is 0 Å². The molecule has 2 aliphatic rings. The van der Waals surface area contributed by atoms with Crippen LogP contribution in [0.25, 0.3) is 22.2 Å². The Balaban J connectivity index is 0.934. The topological polar surface area (TPSA) is 159 Å². The maximum absolute atomic E-state index is 13.8. The van der Waals surface area contributed by atoms with Gasteiger partial charge in [0, 0.05) is 80.1 Å². The summed E-state index contributed by atoms with van der Waals surface area (Å²) in [4.78, 5) is 32.9. The van der Waals surface area contributed by atoms with Crippen molar-refractivity contribution in [2.45, 2.75) is 28.8 Å². The lowest BCUT2D eigenvalue weighted by Gasteiger charge is -2.36. The lowest BCUT2D eigenvalue weighted by molar-refractivity contribution is -0.384. The maximum atomic E-state index is 13.8. The number of nitro groups is 1. The van der Waals surface area contributed by atoms with Crippen molar-refractivity contribution in [1.82, 2.24) is 24.8 Å². The van der Waals surface area contributed by atoms with Gasteiger partial charge in [-0.15, -0.1) is 11.8 Å². The Kier molecular flexibility index (Phi) is 13.6. The van der Waals surface area contributed by atoms with E-state index in [2.05, 4.69) is 64.0 Å². The van der Waals surface area contributed by atoms with E-state index in [1.807, 2.05) is 60.7 Å². The summed E-state index contributed by atoms with van der Waals surface area (Å²) in [5.41, 5.74) is 5.06. The normalized spacial score (nSPS) is 15.7. The van der Waals surface area contributed by atoms with E-state index >= 15 is 0 Å². The number of aromatic nitrogens is 3. The molecule has 316 valence electrons. The lowest BCUT2D eigenvalue weighted by Crippen LogP contribution is -2.46. The van der Waals surface area contributed by atoms with Crippen LogP contribution in [0.3, 0.4) is 0 Å². The lowest BCUT2D eigenvalue weighted by atomic mass is 9.99. The van der Waals surface area contributed by atoms with E-state index < -0.39 is 14.9 Å². The van der Waals surface area contributed by atoms with E-state index in [1.165, 1.54) is 29.6 Å². The fourth-order valence-corrected chi connectivity index (χ4v) is 9.74. The average molecular weight is 880 g/mol. The minimum atomic E-state index is -4.32. The second-order valence-electron chi connectivity index (χ2n) is 15.0. The number of nitrogens with one attached hydrogen (secondary N) is 2. The molecule has 17 heteroatoms. The molecule has 0 bridgehead atoms. The number of nitrogens with zero attached hydrogens (tertiary/aromatic N) is 7. The van der Waals surface area contributed by atoms with Crippen LogP contribution >= 0.6 is 23.4 Å². The molecule has 4 heterocycles. The summed E-state index contributed by atoms with van der Waals surface area (Å²) >= 11 is 7.80. The van der Waals surface area contributed by atoms with Crippen LogP contribution in [-0.2, 0) is 21.3 Å². The number of hydrogen-bond donors (Lipinski definition) is 2. The van der Waals surface area contributed by atoms with Gasteiger partial charge in [0.2, 0.25) is 0 Å². The molecule has 2 aliphatic heterocycles. The molecule has 61 heavy (non-hydrogen) atoms. The van der Waals surface area contributed by atoms with Gasteiger partial charge >= 0.3 is 0 Å². The number of nitro benzene ring substituents is 1. The van der Waals surface area contributed by atoms with Crippen molar-refractivity contribution in [3.05, 3.63) is 136 Å². The van der Waals surface area contributed by atoms with Crippen molar-refractivity contribution in [3.8, 4) is 11.1 Å². The van der Waals surface area contributed by atoms with Crippen LogP contribution in [0.4, 0.5) is 22.9 Å². The first kappa shape index (κ1) is 42.3. The summed E-state index contributed by atoms with van der Waals surface area (Å²) < 4.78 is 35.6. The molecule has 2 fully saturated rings. The first-order valence-electron chi connectivity index (χ1n) is 20.2. The van der Waals surface area contributed by atoms with Gasteiger partial charge in [0.1, 0.15) is 17.5 Å². The standard InChI is InChI=1S/C44H46ClN9O5S2/c45-34-12-10-32(11-13-34)39-9-5-4-6-33(39)29-52-18-20-53(21-19-52)36-26-41-43(46-28-36)44(48-31-47-41)50-61(57,58)38-14-15-40(42(27-38)54(55)56)49-35(16-17-51-22-24-59-25-23-51)30-60-37-7-2-1-3-8-37/h1-15,26-28,31,35,49H,16-25,29-30H2,(H,47,48,50)/t35-/m1/s1. The van der Waals surface area contributed by atoms with Gasteiger partial charge in [0.05, 0.1) is 40.4 Å². The van der Waals surface area contributed by atoms with Gasteiger partial charge in [0.25, 0.3) is 15.7 Å². The molecular weight excluding hydrogens is 834 g/mol. The molecule has 6 aromatic rings. The van der Waals surface area contributed by atoms with Gasteiger partial charge in [-0.25, -0.2) is 23.4 Å². The van der Waals surface area contributed by atoms with Gasteiger partial charge in [0.15, 0.2) is 5.82 Å². The highest BCUT2D eigenvalue weighted by Gasteiger charge is 2.26. The minimum absolute atomic E-state index is 0.0216. The second kappa shape index (κ2) is 19.6. The molecule has 14 nitrogen and oxygen atoms in total. The third-order valence-corrected chi connectivity index (χ3v) is 13.7. The summed E-state index contributed by atoms with van der Waals surface area (Å²) in [6, 6.07) is 32.0. The fraction of sp³-hybridized carbons (Fsp3) is 0.295. The van der Waals surface area contributed by atoms with E-state index in [-0.39, 0.29) is 33.6 Å². The van der Waals surface area contributed by atoms with E-state index in [4.69, 9.17) is 16.3 Å². The monoisotopic (exact) mass is 879 g/mol. The predicted molar refractivity (Wildman–Crippen MR) is 242 cm³/mol. The number of rotatable bonds is 16. The third kappa shape index (κ3) is 10.8. The molecule has 0 saturated carbocycles. The Hall–Kier alpha value is -5.36. The molecule has 0 unspecified atom stereocenters. The SMILES string of the molecule is O=[N+]([O-])c1cc(S(=O)(=O)Nc2ncnc3cc(N4CCN(Cc5ccccc5-c5ccc(Cl)cc5)CC4)cnc23)ccc1N[C@H](CCN1CCOCC1)CSc1ccccc1. The van der Waals surface area contributed by atoms with Gasteiger partial charge in [-0.1, -0.05) is 66.2 Å². The van der Waals surface area contributed by atoms with Crippen molar-refractivity contribution in [3.63, 3.8) is 0 Å². The first-order chi connectivity index (χ1) is 29.7. The van der Waals surface area contributed by atoms with Crippen molar-refractivity contribution >= 4 is 67.3 Å². The number of piperazine rings is 1. The number of thioether (sulfide) groups is 1.